The minimum Gasteiger partial charge on any atom is -0.385 e. The smallest absolute Gasteiger partial charge is 0.320 e. The van der Waals surface area contributed by atoms with Gasteiger partial charge in [0.25, 0.3) is 0 Å². The van der Waals surface area contributed by atoms with Crippen molar-refractivity contribution in [3.63, 3.8) is 0 Å². The van der Waals surface area contributed by atoms with Crippen molar-refractivity contribution >= 4 is 17.5 Å². The van der Waals surface area contributed by atoms with Crippen LogP contribution in [0.15, 0.2) is 60.9 Å². The number of nitrogens with one attached hydrogen (secondary N) is 3. The zero-order chi connectivity index (χ0) is 27.4. The van der Waals surface area contributed by atoms with E-state index in [2.05, 4.69) is 20.8 Å². The van der Waals surface area contributed by atoms with Gasteiger partial charge < -0.3 is 15.0 Å². The van der Waals surface area contributed by atoms with E-state index in [9.17, 15) is 13.6 Å². The molecule has 0 bridgehead atoms. The lowest BCUT2D eigenvalue weighted by molar-refractivity contribution is 0.195. The van der Waals surface area contributed by atoms with Crippen LogP contribution < -0.4 is 15.5 Å². The molecular formula is C28H31F2N7O2. The van der Waals surface area contributed by atoms with Gasteiger partial charge in [0.05, 0.1) is 29.3 Å². The molecule has 9 nitrogen and oxygen atoms in total. The molecule has 11 heteroatoms. The molecule has 2 amide bonds. The maximum atomic E-state index is 14.1. The van der Waals surface area contributed by atoms with Crippen LogP contribution in [-0.2, 0) is 11.2 Å². The number of rotatable bonds is 9. The number of para-hydroxylation sites is 1. The molecule has 1 saturated heterocycles. The van der Waals surface area contributed by atoms with E-state index in [1.54, 1.807) is 30.3 Å². The first-order valence-electron chi connectivity index (χ1n) is 12.8. The summed E-state index contributed by atoms with van der Waals surface area (Å²) >= 11 is 0. The first kappa shape index (κ1) is 26.4. The Morgan fingerprint density at radius 3 is 2.67 bits per heavy atom. The summed E-state index contributed by atoms with van der Waals surface area (Å²) in [5.74, 6) is -1.52. The van der Waals surface area contributed by atoms with Crippen molar-refractivity contribution in [2.45, 2.75) is 31.7 Å². The van der Waals surface area contributed by atoms with Crippen LogP contribution in [0.1, 0.15) is 29.2 Å². The van der Waals surface area contributed by atoms with Crippen LogP contribution in [0, 0.1) is 18.6 Å². The maximum Gasteiger partial charge on any atom is 0.320 e. The highest BCUT2D eigenvalue weighted by atomic mass is 19.2. The fourth-order valence-corrected chi connectivity index (χ4v) is 5.04. The first-order chi connectivity index (χ1) is 18.9. The average molecular weight is 536 g/mol. The molecular weight excluding hydrogens is 504 g/mol. The highest BCUT2D eigenvalue weighted by Gasteiger charge is 2.36. The quantitative estimate of drug-likeness (QED) is 0.273. The van der Waals surface area contributed by atoms with E-state index in [0.717, 1.165) is 35.1 Å². The lowest BCUT2D eigenvalue weighted by Crippen LogP contribution is -2.42. The normalized spacial score (nSPS) is 17.0. The SMILES string of the molecule is COCCCc1nn(-c2ccccc2)c(NC(=O)N[C@@H]2CN(c3cn[nH]c3)C[C@H]2c2ccc(F)c(F)c2)c1C. The van der Waals surface area contributed by atoms with Gasteiger partial charge in [-0.15, -0.1) is 0 Å². The van der Waals surface area contributed by atoms with Crippen molar-refractivity contribution in [2.24, 2.45) is 0 Å². The van der Waals surface area contributed by atoms with Gasteiger partial charge in [-0.1, -0.05) is 24.3 Å². The summed E-state index contributed by atoms with van der Waals surface area (Å²) in [5.41, 5.74) is 4.02. The molecule has 5 rings (SSSR count). The minimum absolute atomic E-state index is 0.273. The molecule has 0 radical (unpaired) electrons. The molecule has 3 N–H and O–H groups in total. The second-order valence-electron chi connectivity index (χ2n) is 9.61. The van der Waals surface area contributed by atoms with Gasteiger partial charge in [0.2, 0.25) is 0 Å². The number of aromatic amines is 1. The predicted molar refractivity (Wildman–Crippen MR) is 144 cm³/mol. The van der Waals surface area contributed by atoms with E-state index in [1.807, 2.05) is 42.2 Å². The summed E-state index contributed by atoms with van der Waals surface area (Å²) in [6, 6.07) is 12.7. The number of aryl methyl sites for hydroxylation is 1. The van der Waals surface area contributed by atoms with Gasteiger partial charge in [0, 0.05) is 44.5 Å². The zero-order valence-corrected chi connectivity index (χ0v) is 21.8. The molecule has 3 heterocycles. The summed E-state index contributed by atoms with van der Waals surface area (Å²) < 4.78 is 34.7. The number of nitrogens with zero attached hydrogens (tertiary/aromatic N) is 4. The molecule has 39 heavy (non-hydrogen) atoms. The molecule has 2 aromatic heterocycles. The van der Waals surface area contributed by atoms with Crippen LogP contribution in [0.5, 0.6) is 0 Å². The number of anilines is 2. The van der Waals surface area contributed by atoms with E-state index in [1.165, 1.54) is 6.07 Å². The van der Waals surface area contributed by atoms with Crippen LogP contribution in [0.25, 0.3) is 5.69 Å². The summed E-state index contributed by atoms with van der Waals surface area (Å²) in [5, 5.41) is 17.7. The Kier molecular flexibility index (Phi) is 7.87. The second-order valence-corrected chi connectivity index (χ2v) is 9.61. The molecule has 1 aliphatic rings. The number of hydrogen-bond donors (Lipinski definition) is 3. The van der Waals surface area contributed by atoms with Gasteiger partial charge in [0.1, 0.15) is 5.82 Å². The molecule has 1 aliphatic heterocycles. The molecule has 2 aromatic carbocycles. The van der Waals surface area contributed by atoms with Crippen LogP contribution >= 0.6 is 0 Å². The summed E-state index contributed by atoms with van der Waals surface area (Å²) in [6.07, 6.45) is 4.96. The third-order valence-corrected chi connectivity index (χ3v) is 7.07. The molecule has 1 fully saturated rings. The van der Waals surface area contributed by atoms with E-state index in [-0.39, 0.29) is 12.0 Å². The monoisotopic (exact) mass is 535 g/mol. The number of amides is 2. The highest BCUT2D eigenvalue weighted by molar-refractivity contribution is 5.90. The van der Waals surface area contributed by atoms with Gasteiger partial charge in [0.15, 0.2) is 11.6 Å². The first-order valence-corrected chi connectivity index (χ1v) is 12.8. The Morgan fingerprint density at radius 2 is 1.95 bits per heavy atom. The van der Waals surface area contributed by atoms with E-state index < -0.39 is 17.7 Å². The van der Waals surface area contributed by atoms with Gasteiger partial charge >= 0.3 is 6.03 Å². The number of H-pyrrole nitrogens is 1. The molecule has 204 valence electrons. The van der Waals surface area contributed by atoms with Crippen LogP contribution in [0.4, 0.5) is 25.1 Å². The number of methoxy groups -OCH3 is 1. The van der Waals surface area contributed by atoms with Gasteiger partial charge in [-0.3, -0.25) is 10.4 Å². The molecule has 0 unspecified atom stereocenters. The number of aromatic nitrogens is 4. The van der Waals surface area contributed by atoms with Crippen molar-refractivity contribution in [3.8, 4) is 5.69 Å². The van der Waals surface area contributed by atoms with E-state index in [0.29, 0.717) is 37.5 Å². The summed E-state index contributed by atoms with van der Waals surface area (Å²) in [6.45, 7) is 3.52. The second kappa shape index (κ2) is 11.6. The maximum absolute atomic E-state index is 14.1. The summed E-state index contributed by atoms with van der Waals surface area (Å²) in [4.78, 5) is 15.5. The van der Waals surface area contributed by atoms with Crippen molar-refractivity contribution in [1.29, 1.82) is 0 Å². The third-order valence-electron chi connectivity index (χ3n) is 7.07. The fraction of sp³-hybridized carbons (Fsp3) is 0.321. The molecule has 4 aromatic rings. The fourth-order valence-electron chi connectivity index (χ4n) is 5.04. The summed E-state index contributed by atoms with van der Waals surface area (Å²) in [7, 11) is 1.66. The zero-order valence-electron chi connectivity index (χ0n) is 21.8. The molecule has 0 aliphatic carbocycles. The van der Waals surface area contributed by atoms with Crippen LogP contribution in [0.3, 0.4) is 0 Å². The predicted octanol–water partition coefficient (Wildman–Crippen LogP) is 4.56. The lowest BCUT2D eigenvalue weighted by Gasteiger charge is -2.21. The molecule has 0 saturated carbocycles. The Bertz CT molecular complexity index is 1410. The van der Waals surface area contributed by atoms with Crippen molar-refractivity contribution in [2.75, 3.05) is 37.0 Å². The van der Waals surface area contributed by atoms with Crippen molar-refractivity contribution < 1.29 is 18.3 Å². The third kappa shape index (κ3) is 5.78. The van der Waals surface area contributed by atoms with E-state index in [4.69, 9.17) is 9.84 Å². The van der Waals surface area contributed by atoms with Crippen molar-refractivity contribution in [1.82, 2.24) is 25.3 Å². The largest absolute Gasteiger partial charge is 0.385 e. The van der Waals surface area contributed by atoms with Gasteiger partial charge in [-0.2, -0.15) is 10.2 Å². The Hall–Kier alpha value is -4.25. The molecule has 0 spiro atoms. The minimum atomic E-state index is -0.916. The number of urea groups is 1. The van der Waals surface area contributed by atoms with E-state index >= 15 is 0 Å². The lowest BCUT2D eigenvalue weighted by atomic mass is 9.94. The van der Waals surface area contributed by atoms with Crippen molar-refractivity contribution in [3.05, 3.63) is 89.4 Å². The number of ether oxygens (including phenoxy) is 1. The van der Waals surface area contributed by atoms with Crippen LogP contribution in [-0.4, -0.2) is 58.9 Å². The number of hydrogen-bond acceptors (Lipinski definition) is 5. The van der Waals surface area contributed by atoms with Gasteiger partial charge in [-0.25, -0.2) is 18.3 Å². The highest BCUT2D eigenvalue weighted by Crippen LogP contribution is 2.32. The standard InChI is InChI=1S/C28H31F2N7O2/c1-18-25(9-6-12-39-2)35-37(20-7-4-3-5-8-20)27(18)34-28(38)33-26-17-36(21-14-31-32-15-21)16-22(26)19-10-11-23(29)24(30)13-19/h3-5,7-8,10-11,13-15,22,26H,6,9,12,16-17H2,1-2H3,(H,31,32)(H2,33,34,38)/t22-,26+/m0/s1. The number of halogens is 2. The van der Waals surface area contributed by atoms with Gasteiger partial charge in [-0.05, 0) is 49.6 Å². The molecule has 2 atom stereocenters. The Balaban J connectivity index is 1.39. The average Bonchev–Trinajstić information content (AvgIpc) is 3.68. The topological polar surface area (TPSA) is 100 Å². The number of benzene rings is 2. The number of carbonyl (C=O) groups excluding carboxylic acids is 1. The Labute approximate surface area is 225 Å². The Morgan fingerprint density at radius 1 is 1.13 bits per heavy atom. The van der Waals surface area contributed by atoms with Crippen LogP contribution in [0.2, 0.25) is 0 Å². The number of carbonyl (C=O) groups is 1.